The van der Waals surface area contributed by atoms with Crippen LogP contribution in [0.4, 0.5) is 22.4 Å². The van der Waals surface area contributed by atoms with Gasteiger partial charge in [-0.05, 0) is 51.0 Å². The van der Waals surface area contributed by atoms with Gasteiger partial charge >= 0.3 is 18.2 Å². The molecule has 2 aromatic rings. The topological polar surface area (TPSA) is 96.8 Å². The van der Waals surface area contributed by atoms with Crippen LogP contribution < -0.4 is 0 Å². The van der Waals surface area contributed by atoms with Gasteiger partial charge in [-0.3, -0.25) is 14.7 Å². The summed E-state index contributed by atoms with van der Waals surface area (Å²) in [6, 6.07) is 4.59. The van der Waals surface area contributed by atoms with Crippen LogP contribution in [0.1, 0.15) is 55.1 Å². The highest BCUT2D eigenvalue weighted by Gasteiger charge is 2.41. The number of hydrogen-bond donors (Lipinski definition) is 1. The fourth-order valence-corrected chi connectivity index (χ4v) is 3.92. The minimum atomic E-state index is -4.50. The Morgan fingerprint density at radius 1 is 1.14 bits per heavy atom. The largest absolute Gasteiger partial charge is 0.478 e. The standard InChI is InChI=1S/C25H26F4N2O5/c1-24(2,3)36-23(35)31-13-17(26)11-20(31)21(32)9-6-15-10-19(30-12-18(15)22(33)34)14-4-7-16(8-5-14)25(27,28)29/h4-5,7-8,10,12,17,20H,6,9,11,13H2,1-3H3,(H,33,34)/t17-,20+/m1/s1. The summed E-state index contributed by atoms with van der Waals surface area (Å²) in [6.07, 6.45) is -6.04. The average Bonchev–Trinajstić information content (AvgIpc) is 3.17. The Bertz CT molecular complexity index is 1140. The van der Waals surface area contributed by atoms with E-state index in [0.29, 0.717) is 5.56 Å². The third-order valence-corrected chi connectivity index (χ3v) is 5.62. The van der Waals surface area contributed by atoms with Crippen molar-refractivity contribution in [3.05, 3.63) is 53.2 Å². The number of ether oxygens (including phenoxy) is 1. The van der Waals surface area contributed by atoms with Crippen molar-refractivity contribution in [1.29, 1.82) is 0 Å². The molecule has 1 aromatic carbocycles. The number of aryl methyl sites for hydroxylation is 1. The van der Waals surface area contributed by atoms with E-state index in [0.717, 1.165) is 23.2 Å². The van der Waals surface area contributed by atoms with E-state index in [2.05, 4.69) is 4.98 Å². The smallest absolute Gasteiger partial charge is 0.416 e. The van der Waals surface area contributed by atoms with E-state index < -0.39 is 47.4 Å². The summed E-state index contributed by atoms with van der Waals surface area (Å²) in [4.78, 5) is 42.1. The number of aromatic carboxylic acids is 1. The number of amides is 1. The Morgan fingerprint density at radius 2 is 1.78 bits per heavy atom. The normalized spacial score (nSPS) is 18.2. The molecule has 1 N–H and O–H groups in total. The van der Waals surface area contributed by atoms with Gasteiger partial charge in [0.1, 0.15) is 11.8 Å². The second-order valence-corrected chi connectivity index (χ2v) is 9.55. The molecule has 11 heteroatoms. The first-order valence-corrected chi connectivity index (χ1v) is 11.2. The Balaban J connectivity index is 1.79. The maximum atomic E-state index is 14.1. The fourth-order valence-electron chi connectivity index (χ4n) is 3.92. The lowest BCUT2D eigenvalue weighted by atomic mass is 9.97. The van der Waals surface area contributed by atoms with Gasteiger partial charge in [0.25, 0.3) is 0 Å². The van der Waals surface area contributed by atoms with Crippen LogP contribution in [-0.4, -0.2) is 57.2 Å². The number of halogens is 4. The molecule has 1 aliphatic heterocycles. The lowest BCUT2D eigenvalue weighted by Crippen LogP contribution is -2.43. The molecule has 2 heterocycles. The van der Waals surface area contributed by atoms with Crippen molar-refractivity contribution >= 4 is 17.8 Å². The number of alkyl halides is 4. The predicted octanol–water partition coefficient (Wildman–Crippen LogP) is 5.31. The number of hydrogen-bond acceptors (Lipinski definition) is 5. The number of ketones is 1. The van der Waals surface area contributed by atoms with Gasteiger partial charge in [0.2, 0.25) is 0 Å². The van der Waals surface area contributed by atoms with Gasteiger partial charge in [0.15, 0.2) is 5.78 Å². The molecule has 1 amide bonds. The van der Waals surface area contributed by atoms with Crippen molar-refractivity contribution < 1.29 is 41.8 Å². The number of likely N-dealkylation sites (tertiary alicyclic amines) is 1. The zero-order chi connectivity index (χ0) is 26.8. The molecule has 0 radical (unpaired) electrons. The Morgan fingerprint density at radius 3 is 2.33 bits per heavy atom. The lowest BCUT2D eigenvalue weighted by molar-refractivity contribution is -0.137. The molecule has 0 saturated carbocycles. The number of benzene rings is 1. The number of Topliss-reactive ketones (excluding diaryl/α,β-unsaturated/α-hetero) is 1. The van der Waals surface area contributed by atoms with Crippen LogP contribution in [0.15, 0.2) is 36.5 Å². The number of carbonyl (C=O) groups is 3. The van der Waals surface area contributed by atoms with E-state index >= 15 is 0 Å². The van der Waals surface area contributed by atoms with E-state index in [4.69, 9.17) is 4.74 Å². The van der Waals surface area contributed by atoms with E-state index in [9.17, 15) is 37.1 Å². The van der Waals surface area contributed by atoms with Crippen LogP contribution in [0.2, 0.25) is 0 Å². The molecule has 36 heavy (non-hydrogen) atoms. The summed E-state index contributed by atoms with van der Waals surface area (Å²) in [7, 11) is 0. The number of carbonyl (C=O) groups excluding carboxylic acids is 2. The van der Waals surface area contributed by atoms with Crippen molar-refractivity contribution in [2.45, 2.75) is 64.0 Å². The molecule has 0 unspecified atom stereocenters. The predicted molar refractivity (Wildman–Crippen MR) is 121 cm³/mol. The number of nitrogens with zero attached hydrogens (tertiary/aromatic N) is 2. The van der Waals surface area contributed by atoms with E-state index in [1.54, 1.807) is 20.8 Å². The fraction of sp³-hybridized carbons (Fsp3) is 0.440. The average molecular weight is 510 g/mol. The van der Waals surface area contributed by atoms with Gasteiger partial charge in [-0.2, -0.15) is 13.2 Å². The van der Waals surface area contributed by atoms with Gasteiger partial charge in [0, 0.05) is 24.6 Å². The van der Waals surface area contributed by atoms with E-state index in [-0.39, 0.29) is 42.6 Å². The highest BCUT2D eigenvalue weighted by Crippen LogP contribution is 2.31. The van der Waals surface area contributed by atoms with Gasteiger partial charge in [-0.1, -0.05) is 12.1 Å². The highest BCUT2D eigenvalue weighted by molar-refractivity contribution is 5.91. The highest BCUT2D eigenvalue weighted by atomic mass is 19.4. The number of pyridine rings is 1. The molecular formula is C25H26F4N2O5. The Hall–Kier alpha value is -3.50. The third kappa shape index (κ3) is 6.58. The van der Waals surface area contributed by atoms with E-state index in [1.165, 1.54) is 18.2 Å². The second kappa shape index (κ2) is 10.2. The summed E-state index contributed by atoms with van der Waals surface area (Å²) in [6.45, 7) is 4.67. The number of carboxylic acids is 1. The van der Waals surface area contributed by atoms with Crippen LogP contribution in [-0.2, 0) is 22.1 Å². The molecule has 3 rings (SSSR count). The summed E-state index contributed by atoms with van der Waals surface area (Å²) < 4.78 is 57.9. The molecule has 0 aliphatic carbocycles. The van der Waals surface area contributed by atoms with Crippen LogP contribution in [0, 0.1) is 0 Å². The first-order valence-electron chi connectivity index (χ1n) is 11.2. The van der Waals surface area contributed by atoms with Gasteiger partial charge < -0.3 is 9.84 Å². The molecule has 1 aliphatic rings. The van der Waals surface area contributed by atoms with Crippen LogP contribution >= 0.6 is 0 Å². The van der Waals surface area contributed by atoms with E-state index in [1.807, 2.05) is 0 Å². The molecule has 1 fully saturated rings. The van der Waals surface area contributed by atoms with Crippen molar-refractivity contribution in [2.75, 3.05) is 6.54 Å². The van der Waals surface area contributed by atoms with Crippen LogP contribution in [0.25, 0.3) is 11.3 Å². The number of aromatic nitrogens is 1. The van der Waals surface area contributed by atoms with Gasteiger partial charge in [0.05, 0.1) is 29.4 Å². The zero-order valence-electron chi connectivity index (χ0n) is 19.9. The lowest BCUT2D eigenvalue weighted by Gasteiger charge is -2.27. The molecule has 7 nitrogen and oxygen atoms in total. The van der Waals surface area contributed by atoms with Crippen molar-refractivity contribution in [2.24, 2.45) is 0 Å². The molecule has 2 atom stereocenters. The monoisotopic (exact) mass is 510 g/mol. The Kier molecular flexibility index (Phi) is 7.70. The molecule has 1 aromatic heterocycles. The SMILES string of the molecule is CC(C)(C)OC(=O)N1C[C@H](F)C[C@H]1C(=O)CCc1cc(-c2ccc(C(F)(F)F)cc2)ncc1C(=O)O. The first-order chi connectivity index (χ1) is 16.7. The quantitative estimate of drug-likeness (QED) is 0.529. The van der Waals surface area contributed by atoms with Crippen molar-refractivity contribution in [3.63, 3.8) is 0 Å². The minimum absolute atomic E-state index is 0.0494. The maximum Gasteiger partial charge on any atom is 0.416 e. The Labute approximate surface area is 205 Å². The second-order valence-electron chi connectivity index (χ2n) is 9.55. The third-order valence-electron chi connectivity index (χ3n) is 5.62. The number of rotatable bonds is 6. The first kappa shape index (κ1) is 27.1. The minimum Gasteiger partial charge on any atom is -0.478 e. The van der Waals surface area contributed by atoms with Crippen molar-refractivity contribution in [1.82, 2.24) is 9.88 Å². The molecule has 0 spiro atoms. The van der Waals surface area contributed by atoms with Gasteiger partial charge in [-0.25, -0.2) is 14.0 Å². The summed E-state index contributed by atoms with van der Waals surface area (Å²) >= 11 is 0. The molecular weight excluding hydrogens is 484 g/mol. The molecule has 194 valence electrons. The molecule has 1 saturated heterocycles. The maximum absolute atomic E-state index is 14.1. The number of carboxylic acid groups (broad SMARTS) is 1. The van der Waals surface area contributed by atoms with Crippen LogP contribution in [0.3, 0.4) is 0 Å². The van der Waals surface area contributed by atoms with Gasteiger partial charge in [-0.15, -0.1) is 0 Å². The summed E-state index contributed by atoms with van der Waals surface area (Å²) in [5.74, 6) is -1.74. The van der Waals surface area contributed by atoms with Crippen molar-refractivity contribution in [3.8, 4) is 11.3 Å². The van der Waals surface area contributed by atoms with Crippen LogP contribution in [0.5, 0.6) is 0 Å². The summed E-state index contributed by atoms with van der Waals surface area (Å²) in [5.41, 5.74) is -1.04. The molecule has 0 bridgehead atoms. The summed E-state index contributed by atoms with van der Waals surface area (Å²) in [5, 5.41) is 9.52. The zero-order valence-corrected chi connectivity index (χ0v) is 19.9.